The SMILES string of the molecule is CCCC1CC(=O)N(CCCCCCCCCCCn2cnc3ccccc32)C1. The van der Waals surface area contributed by atoms with Crippen LogP contribution in [0, 0.1) is 5.92 Å². The lowest BCUT2D eigenvalue weighted by Gasteiger charge is -2.16. The first kappa shape index (κ1) is 21.9. The standard InChI is InChI=1S/C25H39N3O/c1-2-14-22-19-25(29)27(20-22)17-12-8-6-4-3-5-7-9-13-18-28-21-26-23-15-10-11-16-24(23)28/h10-11,15-16,21-22H,2-9,12-14,17-20H2,1H3. The minimum absolute atomic E-state index is 0.396. The molecule has 4 heteroatoms. The molecule has 1 aliphatic rings. The van der Waals surface area contributed by atoms with Gasteiger partial charge in [-0.25, -0.2) is 4.98 Å². The highest BCUT2D eigenvalue weighted by Gasteiger charge is 2.27. The summed E-state index contributed by atoms with van der Waals surface area (Å²) < 4.78 is 2.28. The fourth-order valence-electron chi connectivity index (χ4n) is 4.68. The van der Waals surface area contributed by atoms with Crippen LogP contribution in [0.2, 0.25) is 0 Å². The van der Waals surface area contributed by atoms with Crippen molar-refractivity contribution in [2.45, 2.75) is 90.5 Å². The third kappa shape index (κ3) is 6.87. The molecule has 160 valence electrons. The zero-order valence-corrected chi connectivity index (χ0v) is 18.3. The molecule has 0 aliphatic carbocycles. The van der Waals surface area contributed by atoms with Crippen molar-refractivity contribution in [1.29, 1.82) is 0 Å². The van der Waals surface area contributed by atoms with Gasteiger partial charge >= 0.3 is 0 Å². The molecule has 1 atom stereocenters. The molecule has 29 heavy (non-hydrogen) atoms. The number of fused-ring (bicyclic) bond motifs is 1. The molecule has 1 saturated heterocycles. The van der Waals surface area contributed by atoms with Crippen molar-refractivity contribution >= 4 is 16.9 Å². The average molecular weight is 398 g/mol. The summed E-state index contributed by atoms with van der Waals surface area (Å²) in [6, 6.07) is 8.38. The van der Waals surface area contributed by atoms with Gasteiger partial charge < -0.3 is 9.47 Å². The number of para-hydroxylation sites is 2. The molecule has 0 spiro atoms. The molecule has 2 heterocycles. The molecule has 1 unspecified atom stereocenters. The van der Waals surface area contributed by atoms with Gasteiger partial charge in [0.1, 0.15) is 0 Å². The molecule has 1 aromatic carbocycles. The first-order valence-electron chi connectivity index (χ1n) is 12.0. The van der Waals surface area contributed by atoms with Crippen LogP contribution in [-0.2, 0) is 11.3 Å². The Kier molecular flexibility index (Phi) is 9.04. The normalized spacial score (nSPS) is 16.9. The van der Waals surface area contributed by atoms with Gasteiger partial charge in [0.2, 0.25) is 5.91 Å². The largest absolute Gasteiger partial charge is 0.342 e. The minimum atomic E-state index is 0.396. The topological polar surface area (TPSA) is 38.1 Å². The summed E-state index contributed by atoms with van der Waals surface area (Å²) in [7, 11) is 0. The third-order valence-electron chi connectivity index (χ3n) is 6.35. The lowest BCUT2D eigenvalue weighted by molar-refractivity contribution is -0.127. The number of aromatic nitrogens is 2. The zero-order valence-electron chi connectivity index (χ0n) is 18.3. The predicted octanol–water partition coefficient (Wildman–Crippen LogP) is 6.20. The number of carbonyl (C=O) groups excluding carboxylic acids is 1. The van der Waals surface area contributed by atoms with Gasteiger partial charge in [-0.3, -0.25) is 4.79 Å². The van der Waals surface area contributed by atoms with Crippen LogP contribution in [0.5, 0.6) is 0 Å². The maximum absolute atomic E-state index is 12.0. The molecule has 0 radical (unpaired) electrons. The second kappa shape index (κ2) is 12.0. The fraction of sp³-hybridized carbons (Fsp3) is 0.680. The summed E-state index contributed by atoms with van der Waals surface area (Å²) in [4.78, 5) is 18.6. The molecule has 0 N–H and O–H groups in total. The van der Waals surface area contributed by atoms with Crippen molar-refractivity contribution in [1.82, 2.24) is 14.5 Å². The van der Waals surface area contributed by atoms with E-state index < -0.39 is 0 Å². The van der Waals surface area contributed by atoms with Crippen molar-refractivity contribution in [3.8, 4) is 0 Å². The third-order valence-corrected chi connectivity index (χ3v) is 6.35. The van der Waals surface area contributed by atoms with Gasteiger partial charge in [-0.2, -0.15) is 0 Å². The van der Waals surface area contributed by atoms with Gasteiger partial charge in [0.15, 0.2) is 0 Å². The molecule has 0 bridgehead atoms. The van der Waals surface area contributed by atoms with E-state index in [-0.39, 0.29) is 0 Å². The molecular formula is C25H39N3O. The predicted molar refractivity (Wildman–Crippen MR) is 121 cm³/mol. The van der Waals surface area contributed by atoms with Crippen LogP contribution >= 0.6 is 0 Å². The van der Waals surface area contributed by atoms with Crippen molar-refractivity contribution in [3.63, 3.8) is 0 Å². The number of likely N-dealkylation sites (tertiary alicyclic amines) is 1. The van der Waals surface area contributed by atoms with E-state index in [4.69, 9.17) is 0 Å². The molecule has 3 rings (SSSR count). The first-order valence-corrected chi connectivity index (χ1v) is 12.0. The summed E-state index contributed by atoms with van der Waals surface area (Å²) in [5, 5.41) is 0. The summed E-state index contributed by atoms with van der Waals surface area (Å²) >= 11 is 0. The Morgan fingerprint density at radius 3 is 2.31 bits per heavy atom. The zero-order chi connectivity index (χ0) is 20.3. The van der Waals surface area contributed by atoms with Gasteiger partial charge in [0, 0.05) is 26.1 Å². The van der Waals surface area contributed by atoms with E-state index in [0.717, 1.165) is 31.6 Å². The number of nitrogens with zero attached hydrogens (tertiary/aromatic N) is 3. The van der Waals surface area contributed by atoms with Gasteiger partial charge in [-0.1, -0.05) is 70.4 Å². The summed E-state index contributed by atoms with van der Waals surface area (Å²) in [5.41, 5.74) is 2.35. The molecule has 1 aromatic heterocycles. The maximum atomic E-state index is 12.0. The van der Waals surface area contributed by atoms with Crippen LogP contribution in [0.15, 0.2) is 30.6 Å². The van der Waals surface area contributed by atoms with E-state index in [1.54, 1.807) is 0 Å². The highest BCUT2D eigenvalue weighted by Crippen LogP contribution is 2.22. The van der Waals surface area contributed by atoms with Crippen molar-refractivity contribution in [2.75, 3.05) is 13.1 Å². The van der Waals surface area contributed by atoms with E-state index >= 15 is 0 Å². The number of rotatable bonds is 14. The van der Waals surface area contributed by atoms with Crippen LogP contribution in [0.4, 0.5) is 0 Å². The van der Waals surface area contributed by atoms with Crippen LogP contribution in [0.1, 0.15) is 84.0 Å². The van der Waals surface area contributed by atoms with Crippen molar-refractivity contribution in [3.05, 3.63) is 30.6 Å². The highest BCUT2D eigenvalue weighted by molar-refractivity contribution is 5.78. The number of unbranched alkanes of at least 4 members (excludes halogenated alkanes) is 8. The van der Waals surface area contributed by atoms with E-state index in [2.05, 4.69) is 45.6 Å². The Morgan fingerprint density at radius 2 is 1.59 bits per heavy atom. The smallest absolute Gasteiger partial charge is 0.222 e. The summed E-state index contributed by atoms with van der Waals surface area (Å²) in [6.45, 7) is 5.30. The first-order chi connectivity index (χ1) is 14.3. The van der Waals surface area contributed by atoms with Gasteiger partial charge in [-0.15, -0.1) is 0 Å². The minimum Gasteiger partial charge on any atom is -0.342 e. The number of benzene rings is 1. The number of hydrogen-bond acceptors (Lipinski definition) is 2. The van der Waals surface area contributed by atoms with E-state index in [9.17, 15) is 4.79 Å². The van der Waals surface area contributed by atoms with Crippen LogP contribution < -0.4 is 0 Å². The quantitative estimate of drug-likeness (QED) is 0.356. The Morgan fingerprint density at radius 1 is 0.931 bits per heavy atom. The average Bonchev–Trinajstić information content (AvgIpc) is 3.29. The molecule has 2 aromatic rings. The second-order valence-electron chi connectivity index (χ2n) is 8.81. The number of amides is 1. The monoisotopic (exact) mass is 397 g/mol. The molecule has 1 aliphatic heterocycles. The lowest BCUT2D eigenvalue weighted by Crippen LogP contribution is -2.26. The maximum Gasteiger partial charge on any atom is 0.222 e. The number of carbonyl (C=O) groups is 1. The Balaban J connectivity index is 1.14. The number of imidazole rings is 1. The van der Waals surface area contributed by atoms with Crippen LogP contribution in [0.25, 0.3) is 11.0 Å². The van der Waals surface area contributed by atoms with E-state index in [1.807, 2.05) is 6.33 Å². The van der Waals surface area contributed by atoms with Crippen molar-refractivity contribution in [2.24, 2.45) is 5.92 Å². The molecule has 4 nitrogen and oxygen atoms in total. The highest BCUT2D eigenvalue weighted by atomic mass is 16.2. The lowest BCUT2D eigenvalue weighted by atomic mass is 10.0. The van der Waals surface area contributed by atoms with Gasteiger partial charge in [-0.05, 0) is 37.3 Å². The van der Waals surface area contributed by atoms with E-state index in [0.29, 0.717) is 11.8 Å². The van der Waals surface area contributed by atoms with Gasteiger partial charge in [0.05, 0.1) is 17.4 Å². The number of hydrogen-bond donors (Lipinski definition) is 0. The fourth-order valence-corrected chi connectivity index (χ4v) is 4.68. The summed E-state index contributed by atoms with van der Waals surface area (Å²) in [6.07, 6.45) is 16.9. The van der Waals surface area contributed by atoms with Gasteiger partial charge in [0.25, 0.3) is 0 Å². The summed E-state index contributed by atoms with van der Waals surface area (Å²) in [5.74, 6) is 1.02. The second-order valence-corrected chi connectivity index (χ2v) is 8.81. The number of aryl methyl sites for hydroxylation is 1. The van der Waals surface area contributed by atoms with Crippen molar-refractivity contribution < 1.29 is 4.79 Å². The van der Waals surface area contributed by atoms with E-state index in [1.165, 1.54) is 76.1 Å². The van der Waals surface area contributed by atoms with Crippen LogP contribution in [-0.4, -0.2) is 33.4 Å². The Hall–Kier alpha value is -1.84. The Bertz CT molecular complexity index is 738. The molecule has 0 saturated carbocycles. The molecule has 1 fully saturated rings. The Labute approximate surface area is 176 Å². The molecule has 1 amide bonds. The van der Waals surface area contributed by atoms with Crippen LogP contribution in [0.3, 0.4) is 0 Å². The molecular weight excluding hydrogens is 358 g/mol.